The molecule has 1 aliphatic heterocycles. The highest BCUT2D eigenvalue weighted by atomic mass is 79.9. The lowest BCUT2D eigenvalue weighted by molar-refractivity contribution is 0.191. The molecule has 3 aromatic heterocycles. The van der Waals surface area contributed by atoms with Crippen molar-refractivity contribution in [1.29, 1.82) is 0 Å². The van der Waals surface area contributed by atoms with Crippen LogP contribution in [0, 0.1) is 0 Å². The Balaban J connectivity index is 1.31. The lowest BCUT2D eigenvalue weighted by Gasteiger charge is -2.32. The molecule has 0 aliphatic carbocycles. The number of hydrogen-bond donors (Lipinski definition) is 1. The number of rotatable bonds is 7. The predicted octanol–water partition coefficient (Wildman–Crippen LogP) is 2.82. The highest BCUT2D eigenvalue weighted by molar-refractivity contribution is 9.10. The van der Waals surface area contributed by atoms with Gasteiger partial charge in [-0.25, -0.2) is 4.98 Å². The van der Waals surface area contributed by atoms with Crippen LogP contribution in [0.25, 0.3) is 11.0 Å². The smallest absolute Gasteiger partial charge is 0.251 e. The van der Waals surface area contributed by atoms with Crippen molar-refractivity contribution in [2.45, 2.75) is 32.0 Å². The Morgan fingerprint density at radius 2 is 1.97 bits per heavy atom. The summed E-state index contributed by atoms with van der Waals surface area (Å²) in [6.07, 6.45) is 5.78. The van der Waals surface area contributed by atoms with Gasteiger partial charge in [-0.3, -0.25) is 9.78 Å². The first-order chi connectivity index (χ1) is 14.6. The van der Waals surface area contributed by atoms with Crippen molar-refractivity contribution in [3.8, 4) is 5.75 Å². The lowest BCUT2D eigenvalue weighted by Crippen LogP contribution is -2.43. The van der Waals surface area contributed by atoms with E-state index in [9.17, 15) is 4.79 Å². The summed E-state index contributed by atoms with van der Waals surface area (Å²) in [6.45, 7) is 4.38. The van der Waals surface area contributed by atoms with Gasteiger partial charge in [-0.2, -0.15) is 0 Å². The molecular formula is C22H26BrN5O2. The van der Waals surface area contributed by atoms with E-state index in [0.29, 0.717) is 18.3 Å². The Labute approximate surface area is 184 Å². The maximum absolute atomic E-state index is 12.5. The summed E-state index contributed by atoms with van der Waals surface area (Å²) < 4.78 is 7.94. The molecule has 0 atom stereocenters. The number of methoxy groups -OCH3 is 1. The van der Waals surface area contributed by atoms with Crippen molar-refractivity contribution in [1.82, 2.24) is 24.8 Å². The maximum Gasteiger partial charge on any atom is 0.251 e. The number of nitrogens with one attached hydrogen (secondary N) is 1. The molecule has 30 heavy (non-hydrogen) atoms. The van der Waals surface area contributed by atoms with Crippen LogP contribution < -0.4 is 15.6 Å². The van der Waals surface area contributed by atoms with Crippen LogP contribution in [-0.2, 0) is 13.1 Å². The van der Waals surface area contributed by atoms with Gasteiger partial charge >= 0.3 is 0 Å². The van der Waals surface area contributed by atoms with Crippen molar-refractivity contribution in [3.05, 3.63) is 63.2 Å². The zero-order valence-electron chi connectivity index (χ0n) is 17.1. The Hall–Kier alpha value is -2.29. The molecule has 1 fully saturated rings. The summed E-state index contributed by atoms with van der Waals surface area (Å²) in [5, 5.41) is 3.64. The second kappa shape index (κ2) is 9.68. The van der Waals surface area contributed by atoms with Crippen LogP contribution in [0.15, 0.2) is 52.1 Å². The molecule has 0 radical (unpaired) electrons. The number of likely N-dealkylation sites (tertiary alicyclic amines) is 1. The molecule has 1 saturated heterocycles. The first-order valence-electron chi connectivity index (χ1n) is 10.2. The predicted molar refractivity (Wildman–Crippen MR) is 121 cm³/mol. The molecule has 0 spiro atoms. The van der Waals surface area contributed by atoms with Crippen LogP contribution in [0.1, 0.15) is 18.4 Å². The van der Waals surface area contributed by atoms with Gasteiger partial charge in [0.15, 0.2) is 0 Å². The Bertz CT molecular complexity index is 1050. The van der Waals surface area contributed by atoms with E-state index in [1.807, 2.05) is 18.3 Å². The summed E-state index contributed by atoms with van der Waals surface area (Å²) in [6, 6.07) is 9.82. The molecule has 1 N–H and O–H groups in total. The summed E-state index contributed by atoms with van der Waals surface area (Å²) in [5.41, 5.74) is 2.82. The minimum absolute atomic E-state index is 0.00258. The number of piperidine rings is 1. The Morgan fingerprint density at radius 3 is 2.70 bits per heavy atom. The van der Waals surface area contributed by atoms with Gasteiger partial charge in [0.05, 0.1) is 24.3 Å². The summed E-state index contributed by atoms with van der Waals surface area (Å²) >= 11 is 3.37. The minimum Gasteiger partial charge on any atom is -0.495 e. The molecular weight excluding hydrogens is 446 g/mol. The molecule has 0 aromatic carbocycles. The Kier molecular flexibility index (Phi) is 6.76. The molecule has 0 unspecified atom stereocenters. The van der Waals surface area contributed by atoms with Gasteiger partial charge in [0.2, 0.25) is 0 Å². The average Bonchev–Trinajstić information content (AvgIpc) is 2.78. The van der Waals surface area contributed by atoms with Gasteiger partial charge in [-0.1, -0.05) is 6.07 Å². The van der Waals surface area contributed by atoms with E-state index in [0.717, 1.165) is 54.7 Å². The van der Waals surface area contributed by atoms with Crippen molar-refractivity contribution in [2.24, 2.45) is 0 Å². The molecule has 1 aliphatic rings. The summed E-state index contributed by atoms with van der Waals surface area (Å²) in [5.74, 6) is 0.662. The van der Waals surface area contributed by atoms with E-state index in [1.165, 1.54) is 5.56 Å². The van der Waals surface area contributed by atoms with Crippen LogP contribution in [0.2, 0.25) is 0 Å². The molecule has 0 amide bonds. The lowest BCUT2D eigenvalue weighted by atomic mass is 10.0. The van der Waals surface area contributed by atoms with Crippen LogP contribution in [0.5, 0.6) is 5.75 Å². The van der Waals surface area contributed by atoms with Gasteiger partial charge < -0.3 is 19.5 Å². The topological polar surface area (TPSA) is 72.3 Å². The third kappa shape index (κ3) is 5.06. The van der Waals surface area contributed by atoms with E-state index in [2.05, 4.69) is 42.2 Å². The number of fused-ring (bicyclic) bond motifs is 1. The molecule has 7 nitrogen and oxygen atoms in total. The van der Waals surface area contributed by atoms with Gasteiger partial charge in [-0.15, -0.1) is 0 Å². The number of nitrogens with zero attached hydrogens (tertiary/aromatic N) is 4. The highest BCUT2D eigenvalue weighted by Crippen LogP contribution is 2.17. The van der Waals surface area contributed by atoms with Crippen LogP contribution >= 0.6 is 15.9 Å². The molecule has 4 rings (SSSR count). The van der Waals surface area contributed by atoms with E-state index < -0.39 is 0 Å². The zero-order valence-corrected chi connectivity index (χ0v) is 18.6. The van der Waals surface area contributed by atoms with E-state index >= 15 is 0 Å². The first-order valence-corrected chi connectivity index (χ1v) is 11.0. The largest absolute Gasteiger partial charge is 0.495 e. The van der Waals surface area contributed by atoms with Crippen LogP contribution in [0.4, 0.5) is 0 Å². The average molecular weight is 472 g/mol. The van der Waals surface area contributed by atoms with Gasteiger partial charge in [0, 0.05) is 44.0 Å². The second-order valence-corrected chi connectivity index (χ2v) is 8.40. The van der Waals surface area contributed by atoms with Gasteiger partial charge in [-0.05, 0) is 59.6 Å². The fourth-order valence-electron chi connectivity index (χ4n) is 3.87. The number of aromatic nitrogens is 3. The second-order valence-electron chi connectivity index (χ2n) is 7.59. The SMILES string of the molecule is COc1cnc2ccc(=O)n(CCN3CCC(NCc4ccc(Br)nc4)CC3)c2c1. The molecule has 8 heteroatoms. The third-order valence-electron chi connectivity index (χ3n) is 5.66. The molecule has 3 aromatic rings. The quantitative estimate of drug-likeness (QED) is 0.534. The van der Waals surface area contributed by atoms with Crippen molar-refractivity contribution in [2.75, 3.05) is 26.7 Å². The fourth-order valence-corrected chi connectivity index (χ4v) is 4.10. The van der Waals surface area contributed by atoms with Crippen molar-refractivity contribution >= 4 is 27.0 Å². The number of halogens is 1. The van der Waals surface area contributed by atoms with Crippen LogP contribution in [0.3, 0.4) is 0 Å². The molecule has 4 heterocycles. The zero-order chi connectivity index (χ0) is 20.9. The standard InChI is InChI=1S/C22H26BrN5O2/c1-30-18-12-20-19(25-15-18)3-5-22(29)28(20)11-10-27-8-6-17(7-9-27)24-13-16-2-4-21(23)26-14-16/h2-5,12,14-15,17,24H,6-11,13H2,1H3. The highest BCUT2D eigenvalue weighted by Gasteiger charge is 2.19. The maximum atomic E-state index is 12.5. The minimum atomic E-state index is -0.00258. The summed E-state index contributed by atoms with van der Waals surface area (Å²) in [4.78, 5) is 23.6. The number of ether oxygens (including phenoxy) is 1. The number of hydrogen-bond acceptors (Lipinski definition) is 6. The Morgan fingerprint density at radius 1 is 1.13 bits per heavy atom. The fraction of sp³-hybridized carbons (Fsp3) is 0.409. The van der Waals surface area contributed by atoms with Crippen molar-refractivity contribution < 1.29 is 4.74 Å². The first kappa shape index (κ1) is 21.0. The van der Waals surface area contributed by atoms with E-state index in [4.69, 9.17) is 4.74 Å². The van der Waals surface area contributed by atoms with Crippen LogP contribution in [-0.4, -0.2) is 52.2 Å². The van der Waals surface area contributed by atoms with E-state index in [-0.39, 0.29) is 5.56 Å². The normalized spacial score (nSPS) is 15.5. The molecule has 0 bridgehead atoms. The monoisotopic (exact) mass is 471 g/mol. The molecule has 0 saturated carbocycles. The molecule has 158 valence electrons. The number of pyridine rings is 3. The van der Waals surface area contributed by atoms with Crippen molar-refractivity contribution in [3.63, 3.8) is 0 Å². The van der Waals surface area contributed by atoms with Gasteiger partial charge in [0.25, 0.3) is 5.56 Å². The van der Waals surface area contributed by atoms with Gasteiger partial charge in [0.1, 0.15) is 10.4 Å². The summed E-state index contributed by atoms with van der Waals surface area (Å²) in [7, 11) is 1.61. The third-order valence-corrected chi connectivity index (χ3v) is 6.13. The van der Waals surface area contributed by atoms with E-state index in [1.54, 1.807) is 30.0 Å².